The van der Waals surface area contributed by atoms with Crippen LogP contribution in [0.1, 0.15) is 24.9 Å². The number of hydrogen-bond donors (Lipinski definition) is 1. The first kappa shape index (κ1) is 15.2. The summed E-state index contributed by atoms with van der Waals surface area (Å²) in [4.78, 5) is 2.04. The lowest BCUT2D eigenvalue weighted by atomic mass is 9.90. The first-order valence-electron chi connectivity index (χ1n) is 7.31. The SMILES string of the molecule is CC12CC(NC(=S)N1c1cccc(Br)c1)c1cc(Cl)ccc1O2. The predicted molar refractivity (Wildman–Crippen MR) is 100 cm³/mol. The molecule has 4 rings (SSSR count). The Morgan fingerprint density at radius 1 is 1.35 bits per heavy atom. The van der Waals surface area contributed by atoms with E-state index in [4.69, 9.17) is 28.6 Å². The van der Waals surface area contributed by atoms with Crippen LogP contribution in [0.15, 0.2) is 46.9 Å². The lowest BCUT2D eigenvalue weighted by Crippen LogP contribution is -2.65. The Hall–Kier alpha value is -1.30. The standard InChI is InChI=1S/C17H14BrClN2OS/c1-17-9-14(13-8-11(19)5-6-15(13)22-17)20-16(23)21(17)12-4-2-3-10(18)7-12/h2-8,14H,9H2,1H3,(H,20,23). The number of fused-ring (bicyclic) bond motifs is 4. The van der Waals surface area contributed by atoms with E-state index in [1.165, 1.54) is 0 Å². The maximum Gasteiger partial charge on any atom is 0.188 e. The normalized spacial score (nSPS) is 25.4. The first-order valence-corrected chi connectivity index (χ1v) is 8.89. The molecule has 0 radical (unpaired) electrons. The van der Waals surface area contributed by atoms with E-state index in [-0.39, 0.29) is 6.04 Å². The Labute approximate surface area is 153 Å². The highest BCUT2D eigenvalue weighted by Gasteiger charge is 2.48. The van der Waals surface area contributed by atoms with E-state index in [1.807, 2.05) is 47.4 Å². The molecule has 3 nitrogen and oxygen atoms in total. The van der Waals surface area contributed by atoms with E-state index < -0.39 is 5.72 Å². The van der Waals surface area contributed by atoms with Crippen molar-refractivity contribution in [3.8, 4) is 5.75 Å². The molecule has 23 heavy (non-hydrogen) atoms. The summed E-state index contributed by atoms with van der Waals surface area (Å²) < 4.78 is 7.35. The van der Waals surface area contributed by atoms with Crippen LogP contribution in [0, 0.1) is 0 Å². The van der Waals surface area contributed by atoms with Gasteiger partial charge in [0.2, 0.25) is 0 Å². The van der Waals surface area contributed by atoms with E-state index in [0.717, 1.165) is 27.9 Å². The molecule has 2 aliphatic rings. The molecular weight excluding hydrogens is 396 g/mol. The maximum atomic E-state index is 6.35. The molecule has 2 aliphatic heterocycles. The van der Waals surface area contributed by atoms with Gasteiger partial charge in [0.1, 0.15) is 5.75 Å². The van der Waals surface area contributed by atoms with Crippen molar-refractivity contribution in [1.29, 1.82) is 0 Å². The highest BCUT2D eigenvalue weighted by atomic mass is 79.9. The Balaban J connectivity index is 1.81. The van der Waals surface area contributed by atoms with E-state index in [0.29, 0.717) is 10.1 Å². The summed E-state index contributed by atoms with van der Waals surface area (Å²) in [5, 5.41) is 4.79. The van der Waals surface area contributed by atoms with E-state index in [2.05, 4.69) is 28.2 Å². The second kappa shape index (κ2) is 5.36. The third kappa shape index (κ3) is 2.51. The summed E-state index contributed by atoms with van der Waals surface area (Å²) in [6.07, 6.45) is 0.785. The number of nitrogens with zero attached hydrogens (tertiary/aromatic N) is 1. The molecule has 0 aliphatic carbocycles. The van der Waals surface area contributed by atoms with E-state index in [1.54, 1.807) is 0 Å². The van der Waals surface area contributed by atoms with Crippen LogP contribution in [0.25, 0.3) is 0 Å². The molecule has 2 heterocycles. The third-order valence-corrected chi connectivity index (χ3v) is 5.33. The Bertz CT molecular complexity index is 815. The molecule has 118 valence electrons. The van der Waals surface area contributed by atoms with Crippen molar-refractivity contribution in [3.63, 3.8) is 0 Å². The molecular formula is C17H14BrClN2OS. The minimum Gasteiger partial charge on any atom is -0.467 e. The zero-order valence-electron chi connectivity index (χ0n) is 12.3. The lowest BCUT2D eigenvalue weighted by Gasteiger charge is -2.52. The fraction of sp³-hybridized carbons (Fsp3) is 0.235. The fourth-order valence-electron chi connectivity index (χ4n) is 3.35. The van der Waals surface area contributed by atoms with E-state index >= 15 is 0 Å². The van der Waals surface area contributed by atoms with Crippen LogP contribution >= 0.6 is 39.7 Å². The summed E-state index contributed by atoms with van der Waals surface area (Å²) in [5.41, 5.74) is 1.52. The molecule has 2 bridgehead atoms. The van der Waals surface area contributed by atoms with Gasteiger partial charge in [-0.2, -0.15) is 0 Å². The quantitative estimate of drug-likeness (QED) is 0.667. The van der Waals surface area contributed by atoms with Crippen LogP contribution in [0.3, 0.4) is 0 Å². The number of thiocarbonyl (C=S) groups is 1. The number of benzene rings is 2. The zero-order chi connectivity index (χ0) is 16.2. The van der Waals surface area contributed by atoms with Gasteiger partial charge in [0, 0.05) is 27.2 Å². The zero-order valence-corrected chi connectivity index (χ0v) is 15.5. The van der Waals surface area contributed by atoms with Gasteiger partial charge >= 0.3 is 0 Å². The van der Waals surface area contributed by atoms with Gasteiger partial charge in [-0.3, -0.25) is 4.90 Å². The molecule has 2 atom stereocenters. The highest BCUT2D eigenvalue weighted by Crippen LogP contribution is 2.46. The Kier molecular flexibility index (Phi) is 3.55. The van der Waals surface area contributed by atoms with Crippen LogP contribution in [-0.2, 0) is 0 Å². The van der Waals surface area contributed by atoms with Gasteiger partial charge in [-0.05, 0) is 55.5 Å². The summed E-state index contributed by atoms with van der Waals surface area (Å²) in [6, 6.07) is 13.9. The van der Waals surface area contributed by atoms with Crippen molar-refractivity contribution in [3.05, 3.63) is 57.5 Å². The Morgan fingerprint density at radius 2 is 2.17 bits per heavy atom. The molecule has 0 amide bonds. The van der Waals surface area contributed by atoms with Crippen molar-refractivity contribution in [2.45, 2.75) is 25.1 Å². The lowest BCUT2D eigenvalue weighted by molar-refractivity contribution is 0.0498. The Morgan fingerprint density at radius 3 is 2.96 bits per heavy atom. The van der Waals surface area contributed by atoms with Gasteiger partial charge in [-0.15, -0.1) is 0 Å². The van der Waals surface area contributed by atoms with Gasteiger partial charge in [-0.25, -0.2) is 0 Å². The fourth-order valence-corrected chi connectivity index (χ4v) is 4.36. The second-order valence-electron chi connectivity index (χ2n) is 5.98. The first-order chi connectivity index (χ1) is 11.0. The minimum absolute atomic E-state index is 0.110. The number of anilines is 1. The number of nitrogens with one attached hydrogen (secondary N) is 1. The third-order valence-electron chi connectivity index (χ3n) is 4.30. The molecule has 0 spiro atoms. The average Bonchev–Trinajstić information content (AvgIpc) is 2.47. The van der Waals surface area contributed by atoms with Gasteiger partial charge in [-0.1, -0.05) is 33.6 Å². The molecule has 2 aromatic carbocycles. The average molecular weight is 410 g/mol. The van der Waals surface area contributed by atoms with E-state index in [9.17, 15) is 0 Å². The molecule has 1 fully saturated rings. The second-order valence-corrected chi connectivity index (χ2v) is 7.72. The van der Waals surface area contributed by atoms with Gasteiger partial charge < -0.3 is 10.1 Å². The minimum atomic E-state index is -0.533. The predicted octanol–water partition coefficient (Wildman–Crippen LogP) is 5.04. The van der Waals surface area contributed by atoms with Crippen molar-refractivity contribution in [1.82, 2.24) is 5.32 Å². The van der Waals surface area contributed by atoms with Crippen LogP contribution in [0.4, 0.5) is 5.69 Å². The summed E-state index contributed by atoms with van der Waals surface area (Å²) >= 11 is 15.3. The summed E-state index contributed by atoms with van der Waals surface area (Å²) in [5.74, 6) is 0.850. The van der Waals surface area contributed by atoms with Gasteiger partial charge in [0.15, 0.2) is 10.8 Å². The van der Waals surface area contributed by atoms with Crippen molar-refractivity contribution in [2.75, 3.05) is 4.90 Å². The largest absolute Gasteiger partial charge is 0.467 e. The highest BCUT2D eigenvalue weighted by molar-refractivity contribution is 9.10. The van der Waals surface area contributed by atoms with Gasteiger partial charge in [0.05, 0.1) is 6.04 Å². The molecule has 0 saturated carbocycles. The van der Waals surface area contributed by atoms with Crippen LogP contribution in [0.2, 0.25) is 5.02 Å². The summed E-state index contributed by atoms with van der Waals surface area (Å²) in [6.45, 7) is 2.07. The van der Waals surface area contributed by atoms with Crippen LogP contribution in [-0.4, -0.2) is 10.8 Å². The number of hydrogen-bond acceptors (Lipinski definition) is 2. The van der Waals surface area contributed by atoms with Crippen molar-refractivity contribution >= 4 is 50.5 Å². The molecule has 6 heteroatoms. The molecule has 2 aromatic rings. The van der Waals surface area contributed by atoms with Crippen molar-refractivity contribution in [2.24, 2.45) is 0 Å². The van der Waals surface area contributed by atoms with Crippen LogP contribution in [0.5, 0.6) is 5.75 Å². The molecule has 1 N–H and O–H groups in total. The van der Waals surface area contributed by atoms with Crippen LogP contribution < -0.4 is 15.0 Å². The molecule has 1 saturated heterocycles. The number of halogens is 2. The maximum absolute atomic E-state index is 6.35. The number of ether oxygens (including phenoxy) is 1. The molecule has 2 unspecified atom stereocenters. The van der Waals surface area contributed by atoms with Gasteiger partial charge in [0.25, 0.3) is 0 Å². The topological polar surface area (TPSA) is 24.5 Å². The monoisotopic (exact) mass is 408 g/mol. The number of rotatable bonds is 1. The summed E-state index contributed by atoms with van der Waals surface area (Å²) in [7, 11) is 0. The molecule has 0 aromatic heterocycles. The van der Waals surface area contributed by atoms with Crippen molar-refractivity contribution < 1.29 is 4.74 Å². The smallest absolute Gasteiger partial charge is 0.188 e.